The minimum Gasteiger partial charge on any atom is -0.363 e. The standard InChI is InChI=1S/C31H46N6S8/c1-30(2,36-24(38)18-22-20(26(36)40)8-16-44-22)10-5-12-32-28(42)34-14-7-15-35-29(43)33-13-6-11-31(3,4)37-25(39)19-23-21(27(37)41)9-17-45-23/h18-19,40-41H,5-17H2,1-4H3,(H2,32,34,42)(H2,33,35,43). The van der Waals surface area contributed by atoms with E-state index in [9.17, 15) is 0 Å². The molecule has 0 aromatic carbocycles. The molecule has 0 bridgehead atoms. The number of thioether (sulfide) groups is 2. The maximum absolute atomic E-state index is 5.74. The van der Waals surface area contributed by atoms with Crippen LogP contribution in [0.15, 0.2) is 32.0 Å². The lowest BCUT2D eigenvalue weighted by molar-refractivity contribution is 0.292. The van der Waals surface area contributed by atoms with Crippen LogP contribution in [0.25, 0.3) is 0 Å². The first-order valence-corrected chi connectivity index (χ1v) is 20.1. The van der Waals surface area contributed by atoms with Gasteiger partial charge in [0, 0.05) is 58.6 Å². The Kier molecular flexibility index (Phi) is 13.9. The summed E-state index contributed by atoms with van der Waals surface area (Å²) in [7, 11) is 0. The third kappa shape index (κ3) is 9.79. The van der Waals surface area contributed by atoms with Crippen molar-refractivity contribution in [1.29, 1.82) is 0 Å². The van der Waals surface area contributed by atoms with E-state index in [2.05, 4.69) is 70.2 Å². The molecule has 45 heavy (non-hydrogen) atoms. The van der Waals surface area contributed by atoms with Gasteiger partial charge >= 0.3 is 0 Å². The van der Waals surface area contributed by atoms with E-state index in [1.807, 2.05) is 23.5 Å². The molecule has 4 rings (SSSR count). The first-order chi connectivity index (χ1) is 21.3. The van der Waals surface area contributed by atoms with Crippen molar-refractivity contribution >= 4 is 108 Å². The minimum atomic E-state index is -0.119. The van der Waals surface area contributed by atoms with Crippen LogP contribution in [-0.4, -0.2) is 57.0 Å². The Morgan fingerprint density at radius 1 is 0.689 bits per heavy atom. The summed E-state index contributed by atoms with van der Waals surface area (Å²) in [5.41, 5.74) is 2.43. The summed E-state index contributed by atoms with van der Waals surface area (Å²) in [6, 6.07) is 4.29. The average Bonchev–Trinajstić information content (AvgIpc) is 3.63. The van der Waals surface area contributed by atoms with Crippen LogP contribution in [-0.2, 0) is 23.9 Å². The van der Waals surface area contributed by atoms with Crippen LogP contribution in [0.3, 0.4) is 0 Å². The van der Waals surface area contributed by atoms with Gasteiger partial charge in [-0.2, -0.15) is 0 Å². The molecule has 6 nitrogen and oxygen atoms in total. The van der Waals surface area contributed by atoms with Gasteiger partial charge in [-0.05, 0) is 120 Å². The van der Waals surface area contributed by atoms with Gasteiger partial charge in [0.1, 0.15) is 9.28 Å². The number of nitrogens with one attached hydrogen (secondary N) is 4. The summed E-state index contributed by atoms with van der Waals surface area (Å²) < 4.78 is 6.17. The van der Waals surface area contributed by atoms with Crippen LogP contribution < -0.4 is 21.3 Å². The Morgan fingerprint density at radius 3 is 1.42 bits per heavy atom. The van der Waals surface area contributed by atoms with Crippen molar-refractivity contribution in [1.82, 2.24) is 30.4 Å². The Labute approximate surface area is 309 Å². The number of rotatable bonds is 14. The van der Waals surface area contributed by atoms with Gasteiger partial charge in [-0.15, -0.1) is 48.8 Å². The number of aromatic nitrogens is 2. The van der Waals surface area contributed by atoms with Crippen molar-refractivity contribution in [3.05, 3.63) is 32.5 Å². The van der Waals surface area contributed by atoms with Gasteiger partial charge in [0.15, 0.2) is 10.2 Å². The second kappa shape index (κ2) is 16.8. The molecular formula is C31H46N6S8. The zero-order chi connectivity index (χ0) is 32.8. The molecule has 0 amide bonds. The van der Waals surface area contributed by atoms with E-state index in [1.165, 1.54) is 20.9 Å². The molecule has 4 N–H and O–H groups in total. The first kappa shape index (κ1) is 37.3. The van der Waals surface area contributed by atoms with Crippen LogP contribution in [0.2, 0.25) is 0 Å². The maximum atomic E-state index is 5.74. The normalized spacial score (nSPS) is 14.2. The van der Waals surface area contributed by atoms with Crippen LogP contribution in [0, 0.1) is 9.28 Å². The number of thiocarbonyl (C=S) groups is 2. The Balaban J connectivity index is 1.06. The molecular weight excluding hydrogens is 713 g/mol. The number of hydrogen-bond acceptors (Lipinski definition) is 8. The van der Waals surface area contributed by atoms with Gasteiger partial charge in [-0.25, -0.2) is 0 Å². The Bertz CT molecular complexity index is 1400. The summed E-state index contributed by atoms with van der Waals surface area (Å²) in [6.07, 6.45) is 6.92. The monoisotopic (exact) mass is 758 g/mol. The van der Waals surface area contributed by atoms with Crippen LogP contribution in [0.5, 0.6) is 0 Å². The van der Waals surface area contributed by atoms with Crippen molar-refractivity contribution in [2.75, 3.05) is 37.7 Å². The number of pyridine rings is 2. The first-order valence-electron chi connectivity index (χ1n) is 15.6. The minimum absolute atomic E-state index is 0.119. The fourth-order valence-electron chi connectivity index (χ4n) is 5.94. The second-order valence-corrected chi connectivity index (χ2v) is 17.5. The van der Waals surface area contributed by atoms with Gasteiger partial charge in [-0.3, -0.25) is 0 Å². The number of thiol groups is 2. The SMILES string of the molecule is CC(C)(CCCNC(=S)NCCCNC(=S)NCCCC(C)(C)n1c(S)c2c(cc1=S)SCC2)n1c(S)c2c(cc1=S)SCC2. The molecule has 0 atom stereocenters. The topological polar surface area (TPSA) is 58.0 Å². The van der Waals surface area contributed by atoms with Crippen molar-refractivity contribution in [3.8, 4) is 0 Å². The van der Waals surface area contributed by atoms with Crippen molar-refractivity contribution < 1.29 is 0 Å². The third-order valence-electron chi connectivity index (χ3n) is 8.36. The largest absolute Gasteiger partial charge is 0.363 e. The quantitative estimate of drug-likeness (QED) is 0.0658. The molecule has 4 heterocycles. The van der Waals surface area contributed by atoms with E-state index in [0.717, 1.165) is 102 Å². The molecule has 2 aliphatic heterocycles. The molecule has 2 aliphatic rings. The van der Waals surface area contributed by atoms with Crippen LogP contribution in [0.1, 0.15) is 70.9 Å². The van der Waals surface area contributed by atoms with Crippen molar-refractivity contribution in [2.45, 2.75) is 104 Å². The summed E-state index contributed by atoms with van der Waals surface area (Å²) in [5, 5.41) is 16.7. The molecule has 248 valence electrons. The zero-order valence-electron chi connectivity index (χ0n) is 26.6. The summed E-state index contributed by atoms with van der Waals surface area (Å²) in [6.45, 7) is 12.1. The van der Waals surface area contributed by atoms with E-state index in [-0.39, 0.29) is 11.1 Å². The fraction of sp³-hybridized carbons (Fsp3) is 0.613. The average molecular weight is 759 g/mol. The molecule has 0 radical (unpaired) electrons. The van der Waals surface area contributed by atoms with Gasteiger partial charge in [0.05, 0.1) is 10.1 Å². The fourth-order valence-corrected chi connectivity index (χ4v) is 11.1. The third-order valence-corrected chi connectivity index (χ3v) is 12.6. The highest BCUT2D eigenvalue weighted by Crippen LogP contribution is 2.39. The predicted octanol–water partition coefficient (Wildman–Crippen LogP) is 7.67. The second-order valence-electron chi connectivity index (χ2n) is 12.7. The lowest BCUT2D eigenvalue weighted by Gasteiger charge is -2.31. The smallest absolute Gasteiger partial charge is 0.166 e. The Morgan fingerprint density at radius 2 is 1.04 bits per heavy atom. The summed E-state index contributed by atoms with van der Waals surface area (Å²) >= 11 is 36.0. The van der Waals surface area contributed by atoms with E-state index in [4.69, 9.17) is 74.1 Å². The highest BCUT2D eigenvalue weighted by molar-refractivity contribution is 8.00. The van der Waals surface area contributed by atoms with E-state index >= 15 is 0 Å². The van der Waals surface area contributed by atoms with E-state index < -0.39 is 0 Å². The van der Waals surface area contributed by atoms with Gasteiger partial charge in [0.25, 0.3) is 0 Å². The maximum Gasteiger partial charge on any atom is 0.166 e. The van der Waals surface area contributed by atoms with Gasteiger partial charge in [0.2, 0.25) is 0 Å². The zero-order valence-corrected chi connectivity index (χ0v) is 33.3. The van der Waals surface area contributed by atoms with Crippen LogP contribution >= 0.6 is 97.7 Å². The van der Waals surface area contributed by atoms with Crippen molar-refractivity contribution in [3.63, 3.8) is 0 Å². The molecule has 0 fully saturated rings. The molecule has 0 saturated carbocycles. The molecule has 0 unspecified atom stereocenters. The summed E-state index contributed by atoms with van der Waals surface area (Å²) in [5.74, 6) is 2.22. The number of nitrogens with zero attached hydrogens (tertiary/aromatic N) is 2. The molecule has 2 aromatic rings. The molecule has 14 heteroatoms. The number of fused-ring (bicyclic) bond motifs is 2. The van der Waals surface area contributed by atoms with Crippen LogP contribution in [0.4, 0.5) is 0 Å². The molecule has 0 aliphatic carbocycles. The summed E-state index contributed by atoms with van der Waals surface area (Å²) in [4.78, 5) is 2.59. The van der Waals surface area contributed by atoms with E-state index in [1.54, 1.807) is 0 Å². The highest BCUT2D eigenvalue weighted by Gasteiger charge is 2.27. The van der Waals surface area contributed by atoms with E-state index in [0.29, 0.717) is 10.2 Å². The van der Waals surface area contributed by atoms with Gasteiger partial charge in [-0.1, -0.05) is 24.4 Å². The molecule has 2 aromatic heterocycles. The van der Waals surface area contributed by atoms with Gasteiger partial charge < -0.3 is 30.4 Å². The molecule has 0 spiro atoms. The van der Waals surface area contributed by atoms with Crippen molar-refractivity contribution in [2.24, 2.45) is 0 Å². The molecule has 0 saturated heterocycles. The predicted molar refractivity (Wildman–Crippen MR) is 213 cm³/mol. The lowest BCUT2D eigenvalue weighted by Crippen LogP contribution is -2.40. The lowest BCUT2D eigenvalue weighted by atomic mass is 9.97. The highest BCUT2D eigenvalue weighted by atomic mass is 32.2. The Hall–Kier alpha value is -0.480. The number of hydrogen-bond donors (Lipinski definition) is 6.